The van der Waals surface area contributed by atoms with Crippen LogP contribution >= 0.6 is 0 Å². The molecule has 4 aliphatic rings. The summed E-state index contributed by atoms with van der Waals surface area (Å²) in [5.41, 5.74) is 0.0982. The average Bonchev–Trinajstić information content (AvgIpc) is 4.08. The summed E-state index contributed by atoms with van der Waals surface area (Å²) in [6, 6.07) is 19.1. The molecular weight excluding hydrogens is 777 g/mol. The van der Waals surface area contributed by atoms with E-state index in [0.29, 0.717) is 88.2 Å². The Kier molecular flexibility index (Phi) is 11.7. The predicted molar refractivity (Wildman–Crippen MR) is 214 cm³/mol. The molecule has 2 N–H and O–H groups in total. The van der Waals surface area contributed by atoms with Crippen LogP contribution in [-0.4, -0.2) is 47.7 Å². The highest BCUT2D eigenvalue weighted by Gasteiger charge is 2.61. The van der Waals surface area contributed by atoms with Gasteiger partial charge in [-0.2, -0.15) is 0 Å². The lowest BCUT2D eigenvalue weighted by Gasteiger charge is -2.37. The second-order valence-corrected chi connectivity index (χ2v) is 21.6. The van der Waals surface area contributed by atoms with Crippen LogP contribution in [0.1, 0.15) is 98.3 Å². The van der Waals surface area contributed by atoms with Crippen LogP contribution in [0.4, 0.5) is 17.6 Å². The fourth-order valence-electron chi connectivity index (χ4n) is 9.11. The lowest BCUT2D eigenvalue weighted by atomic mass is 9.77. The summed E-state index contributed by atoms with van der Waals surface area (Å²) < 4.78 is 106. The van der Waals surface area contributed by atoms with Crippen molar-refractivity contribution in [2.24, 2.45) is 11.8 Å². The molecule has 4 aliphatic carbocycles. The molecule has 4 aromatic carbocycles. The van der Waals surface area contributed by atoms with E-state index in [4.69, 9.17) is 0 Å². The van der Waals surface area contributed by atoms with Crippen LogP contribution < -0.4 is 0 Å². The third-order valence-corrected chi connectivity index (χ3v) is 18.4. The van der Waals surface area contributed by atoms with Gasteiger partial charge in [-0.1, -0.05) is 31.7 Å². The van der Waals surface area contributed by atoms with Crippen LogP contribution in [0.2, 0.25) is 0 Å². The molecule has 6 nitrogen and oxygen atoms in total. The molecule has 4 aromatic rings. The van der Waals surface area contributed by atoms with Crippen molar-refractivity contribution in [2.75, 3.05) is 0 Å². The van der Waals surface area contributed by atoms with Crippen LogP contribution in [0.5, 0.6) is 0 Å². The third kappa shape index (κ3) is 8.34. The van der Waals surface area contributed by atoms with Crippen molar-refractivity contribution in [2.45, 2.75) is 129 Å². The van der Waals surface area contributed by atoms with Crippen molar-refractivity contribution < 1.29 is 44.6 Å². The van der Waals surface area contributed by atoms with Gasteiger partial charge in [-0.05, 0) is 162 Å². The van der Waals surface area contributed by atoms with Crippen LogP contribution in [-0.2, 0) is 19.7 Å². The summed E-state index contributed by atoms with van der Waals surface area (Å²) in [4.78, 5) is 0.488. The largest absolute Gasteiger partial charge is 0.390 e. The van der Waals surface area contributed by atoms with Gasteiger partial charge in [0.05, 0.1) is 30.5 Å². The number of halogens is 4. The maximum Gasteiger partial charge on any atom is 0.184 e. The Morgan fingerprint density at radius 3 is 1.05 bits per heavy atom. The summed E-state index contributed by atoms with van der Waals surface area (Å²) >= 11 is 0. The van der Waals surface area contributed by atoms with Crippen molar-refractivity contribution in [1.29, 1.82) is 0 Å². The van der Waals surface area contributed by atoms with Gasteiger partial charge in [-0.25, -0.2) is 34.4 Å². The standard InChI is InChI=1S/2C22H24F2O3S.CH4/c2*1-21(25)10-8-16(9-11-21)22(12-13-22)28(26,27)18-5-2-15(3-6-18)19-7-4-17(23)14-20(19)24;/h2*2-7,14,16,25H,8-13H2,1H3;1H4. The quantitative estimate of drug-likeness (QED) is 0.171. The van der Waals surface area contributed by atoms with Crippen LogP contribution in [0, 0.1) is 35.1 Å². The molecule has 0 amide bonds. The van der Waals surface area contributed by atoms with Gasteiger partial charge in [-0.3, -0.25) is 0 Å². The Bertz CT molecular complexity index is 2130. The van der Waals surface area contributed by atoms with E-state index in [0.717, 1.165) is 12.1 Å². The average molecular weight is 829 g/mol. The Morgan fingerprint density at radius 1 is 0.491 bits per heavy atom. The van der Waals surface area contributed by atoms with Gasteiger partial charge in [0.1, 0.15) is 23.3 Å². The molecule has 12 heteroatoms. The minimum absolute atomic E-state index is 0. The van der Waals surface area contributed by atoms with Gasteiger partial charge in [0.15, 0.2) is 19.7 Å². The first-order valence-corrected chi connectivity index (χ1v) is 22.3. The lowest BCUT2D eigenvalue weighted by molar-refractivity contribution is 0.00603. The molecular formula is C45H52F4O6S2. The first-order chi connectivity index (χ1) is 26.3. The summed E-state index contributed by atoms with van der Waals surface area (Å²) in [6.45, 7) is 3.62. The molecule has 4 saturated carbocycles. The Hall–Kier alpha value is -3.58. The summed E-state index contributed by atoms with van der Waals surface area (Å²) in [7, 11) is -7.03. The number of hydrogen-bond donors (Lipinski definition) is 2. The van der Waals surface area contributed by atoms with Gasteiger partial charge in [-0.15, -0.1) is 0 Å². The fraction of sp³-hybridized carbons (Fsp3) is 0.467. The molecule has 8 rings (SSSR count). The smallest absolute Gasteiger partial charge is 0.184 e. The van der Waals surface area contributed by atoms with E-state index in [-0.39, 0.29) is 40.2 Å². The Balaban J connectivity index is 0.000000189. The number of hydrogen-bond acceptors (Lipinski definition) is 6. The minimum Gasteiger partial charge on any atom is -0.390 e. The number of sulfone groups is 2. The summed E-state index contributed by atoms with van der Waals surface area (Å²) in [6.07, 6.45) is 7.94. The van der Waals surface area contributed by atoms with Gasteiger partial charge in [0, 0.05) is 23.3 Å². The van der Waals surface area contributed by atoms with Crippen LogP contribution in [0.25, 0.3) is 22.3 Å². The summed E-state index contributed by atoms with van der Waals surface area (Å²) in [5, 5.41) is 20.3. The molecule has 4 fully saturated rings. The molecule has 0 aromatic heterocycles. The molecule has 0 saturated heterocycles. The van der Waals surface area contributed by atoms with Crippen molar-refractivity contribution in [1.82, 2.24) is 0 Å². The second kappa shape index (κ2) is 15.5. The number of aliphatic hydroxyl groups is 2. The highest BCUT2D eigenvalue weighted by atomic mass is 32.2. The molecule has 0 radical (unpaired) electrons. The van der Waals surface area contributed by atoms with Crippen molar-refractivity contribution >= 4 is 19.7 Å². The maximum atomic E-state index is 14.0. The zero-order valence-electron chi connectivity index (χ0n) is 31.6. The Labute approximate surface area is 334 Å². The molecule has 0 bridgehead atoms. The minimum atomic E-state index is -3.52. The van der Waals surface area contributed by atoms with Crippen molar-refractivity contribution in [3.8, 4) is 22.3 Å². The topological polar surface area (TPSA) is 109 Å². The van der Waals surface area contributed by atoms with Crippen molar-refractivity contribution in [3.05, 3.63) is 108 Å². The molecule has 0 unspecified atom stereocenters. The van der Waals surface area contributed by atoms with E-state index in [1.54, 1.807) is 24.3 Å². The van der Waals surface area contributed by atoms with Crippen LogP contribution in [0.15, 0.2) is 94.7 Å². The molecule has 0 heterocycles. The molecule has 308 valence electrons. The number of rotatable bonds is 8. The van der Waals surface area contributed by atoms with E-state index in [9.17, 15) is 44.6 Å². The van der Waals surface area contributed by atoms with E-state index in [2.05, 4.69) is 0 Å². The molecule has 57 heavy (non-hydrogen) atoms. The van der Waals surface area contributed by atoms with Gasteiger partial charge >= 0.3 is 0 Å². The van der Waals surface area contributed by atoms with Gasteiger partial charge in [0.2, 0.25) is 0 Å². The van der Waals surface area contributed by atoms with Crippen molar-refractivity contribution in [3.63, 3.8) is 0 Å². The highest BCUT2D eigenvalue weighted by molar-refractivity contribution is 7.93. The second-order valence-electron chi connectivity index (χ2n) is 17.0. The molecule has 0 aliphatic heterocycles. The van der Waals surface area contributed by atoms with Gasteiger partial charge in [0.25, 0.3) is 0 Å². The lowest BCUT2D eigenvalue weighted by Crippen LogP contribution is -2.39. The molecule has 0 spiro atoms. The monoisotopic (exact) mass is 828 g/mol. The van der Waals surface area contributed by atoms with E-state index in [1.165, 1.54) is 48.5 Å². The zero-order valence-corrected chi connectivity index (χ0v) is 33.2. The van der Waals surface area contributed by atoms with E-state index >= 15 is 0 Å². The zero-order chi connectivity index (χ0) is 40.3. The van der Waals surface area contributed by atoms with E-state index in [1.807, 2.05) is 13.8 Å². The Morgan fingerprint density at radius 2 is 0.789 bits per heavy atom. The first-order valence-electron chi connectivity index (χ1n) is 19.3. The van der Waals surface area contributed by atoms with E-state index < -0.39 is 63.6 Å². The highest BCUT2D eigenvalue weighted by Crippen LogP contribution is 2.58. The first kappa shape index (κ1) is 43.0. The molecule has 0 atom stereocenters. The maximum absolute atomic E-state index is 14.0. The SMILES string of the molecule is C.CC1(O)CCC(C2(S(=O)(=O)c3ccc(-c4ccc(F)cc4F)cc3)CC2)CC1.CC1(O)CCC(C2(S(=O)(=O)c3ccc(-c4ccc(F)cc4F)cc3)CC2)CC1. The fourth-order valence-corrected chi connectivity index (χ4v) is 13.7. The number of benzene rings is 4. The van der Waals surface area contributed by atoms with Crippen LogP contribution in [0.3, 0.4) is 0 Å². The third-order valence-electron chi connectivity index (χ3n) is 13.0. The summed E-state index contributed by atoms with van der Waals surface area (Å²) in [5.74, 6) is -2.53. The normalized spacial score (nSPS) is 26.3. The predicted octanol–water partition coefficient (Wildman–Crippen LogP) is 10.4. The van der Waals surface area contributed by atoms with Gasteiger partial charge < -0.3 is 10.2 Å².